The zero-order valence-electron chi connectivity index (χ0n) is 17.7. The molecule has 3 rings (SSSR count). The van der Waals surface area contributed by atoms with Crippen LogP contribution in [0.25, 0.3) is 21.3 Å². The van der Waals surface area contributed by atoms with Crippen molar-refractivity contribution in [2.24, 2.45) is 0 Å². The van der Waals surface area contributed by atoms with Crippen molar-refractivity contribution < 1.29 is 14.3 Å². The van der Waals surface area contributed by atoms with Crippen molar-refractivity contribution >= 4 is 27.5 Å². The first-order chi connectivity index (χ1) is 13.9. The lowest BCUT2D eigenvalue weighted by molar-refractivity contribution is 0.0607. The van der Waals surface area contributed by atoms with E-state index in [1.54, 1.807) is 0 Å². The third-order valence-electron chi connectivity index (χ3n) is 4.70. The van der Waals surface area contributed by atoms with Gasteiger partial charge in [-0.3, -0.25) is 0 Å². The van der Waals surface area contributed by atoms with Crippen LogP contribution in [0.4, 0.5) is 0 Å². The lowest BCUT2D eigenvalue weighted by Gasteiger charge is -2.11. The summed E-state index contributed by atoms with van der Waals surface area (Å²) >= 11 is 1.39. The van der Waals surface area contributed by atoms with E-state index in [4.69, 9.17) is 14.5 Å². The summed E-state index contributed by atoms with van der Waals surface area (Å²) in [6.07, 6.45) is 0.972. The number of esters is 1. The van der Waals surface area contributed by atoms with Crippen molar-refractivity contribution in [2.45, 2.75) is 26.2 Å². The molecule has 0 N–H and O–H groups in total. The number of pyridine rings is 1. The first-order valence-electron chi connectivity index (χ1n) is 9.80. The van der Waals surface area contributed by atoms with Gasteiger partial charge in [-0.1, -0.05) is 26.0 Å². The molecule has 154 valence electrons. The molecule has 0 aliphatic carbocycles. The van der Waals surface area contributed by atoms with Crippen LogP contribution in [0.3, 0.4) is 0 Å². The van der Waals surface area contributed by atoms with Crippen LogP contribution >= 0.6 is 11.3 Å². The summed E-state index contributed by atoms with van der Waals surface area (Å²) in [5.74, 6) is 0.820. The Labute approximate surface area is 176 Å². The number of carbonyl (C=O) groups is 1. The molecule has 0 unspecified atom stereocenters. The van der Waals surface area contributed by atoms with Gasteiger partial charge in [-0.2, -0.15) is 0 Å². The van der Waals surface area contributed by atoms with E-state index in [0.29, 0.717) is 17.4 Å². The predicted molar refractivity (Wildman–Crippen MR) is 119 cm³/mol. The average Bonchev–Trinajstić information content (AvgIpc) is 3.09. The van der Waals surface area contributed by atoms with Gasteiger partial charge < -0.3 is 14.4 Å². The van der Waals surface area contributed by atoms with E-state index in [1.165, 1.54) is 18.4 Å². The van der Waals surface area contributed by atoms with Crippen molar-refractivity contribution in [2.75, 3.05) is 34.4 Å². The minimum Gasteiger partial charge on any atom is -0.494 e. The molecule has 2 heterocycles. The molecule has 6 heteroatoms. The molecule has 1 aromatic carbocycles. The predicted octanol–water partition coefficient (Wildman–Crippen LogP) is 5.20. The molecule has 0 spiro atoms. The van der Waals surface area contributed by atoms with Crippen LogP contribution in [-0.4, -0.2) is 50.2 Å². The van der Waals surface area contributed by atoms with E-state index in [-0.39, 0.29) is 5.97 Å². The molecule has 3 aromatic rings. The molecule has 0 aliphatic rings. The summed E-state index contributed by atoms with van der Waals surface area (Å²) in [4.78, 5) is 20.8. The SMILES string of the molecule is COC(=O)c1sc2nc(C(C)C)ccc2c1-c1ccc(OCCCN(C)C)cc1. The number of carbonyl (C=O) groups excluding carboxylic acids is 1. The van der Waals surface area contributed by atoms with Gasteiger partial charge in [-0.15, -0.1) is 11.3 Å². The van der Waals surface area contributed by atoms with E-state index in [9.17, 15) is 4.79 Å². The fourth-order valence-electron chi connectivity index (χ4n) is 3.13. The number of thiophene rings is 1. The number of hydrogen-bond donors (Lipinski definition) is 0. The normalized spacial score (nSPS) is 11.4. The molecule has 0 radical (unpaired) electrons. The van der Waals surface area contributed by atoms with Gasteiger partial charge in [0, 0.05) is 23.2 Å². The molecule has 0 saturated carbocycles. The Morgan fingerprint density at radius 1 is 1.14 bits per heavy atom. The molecule has 0 amide bonds. The Morgan fingerprint density at radius 3 is 2.48 bits per heavy atom. The highest BCUT2D eigenvalue weighted by Gasteiger charge is 2.21. The first kappa shape index (κ1) is 21.3. The Kier molecular flexibility index (Phi) is 6.87. The molecule has 0 atom stereocenters. The monoisotopic (exact) mass is 412 g/mol. The summed E-state index contributed by atoms with van der Waals surface area (Å²) in [5.41, 5.74) is 2.85. The number of nitrogens with zero attached hydrogens (tertiary/aromatic N) is 2. The van der Waals surface area contributed by atoms with Gasteiger partial charge in [0.2, 0.25) is 0 Å². The summed E-state index contributed by atoms with van der Waals surface area (Å²) < 4.78 is 10.9. The lowest BCUT2D eigenvalue weighted by Crippen LogP contribution is -2.15. The third kappa shape index (κ3) is 4.95. The summed E-state index contributed by atoms with van der Waals surface area (Å²) in [7, 11) is 5.52. The van der Waals surface area contributed by atoms with Crippen LogP contribution in [0.2, 0.25) is 0 Å². The minimum atomic E-state index is -0.335. The highest BCUT2D eigenvalue weighted by Crippen LogP contribution is 2.39. The fourth-order valence-corrected chi connectivity index (χ4v) is 4.25. The van der Waals surface area contributed by atoms with Crippen LogP contribution in [-0.2, 0) is 4.74 Å². The maximum atomic E-state index is 12.4. The van der Waals surface area contributed by atoms with Crippen molar-refractivity contribution in [1.82, 2.24) is 9.88 Å². The number of rotatable bonds is 8. The second kappa shape index (κ2) is 9.37. The van der Waals surface area contributed by atoms with E-state index in [0.717, 1.165) is 45.8 Å². The van der Waals surface area contributed by atoms with Crippen molar-refractivity contribution in [3.8, 4) is 16.9 Å². The van der Waals surface area contributed by atoms with E-state index < -0.39 is 0 Å². The second-order valence-corrected chi connectivity index (χ2v) is 8.57. The maximum absolute atomic E-state index is 12.4. The van der Waals surface area contributed by atoms with Gasteiger partial charge in [0.05, 0.1) is 13.7 Å². The quantitative estimate of drug-likeness (QED) is 0.376. The Balaban J connectivity index is 1.92. The third-order valence-corrected chi connectivity index (χ3v) is 5.78. The zero-order chi connectivity index (χ0) is 21.0. The number of benzene rings is 1. The lowest BCUT2D eigenvalue weighted by atomic mass is 10.0. The highest BCUT2D eigenvalue weighted by atomic mass is 32.1. The number of fused-ring (bicyclic) bond motifs is 1. The van der Waals surface area contributed by atoms with Crippen molar-refractivity contribution in [1.29, 1.82) is 0 Å². The standard InChI is InChI=1S/C23H28N2O3S/c1-15(2)19-12-11-18-20(21(23(26)27-5)29-22(18)24-19)16-7-9-17(10-8-16)28-14-6-13-25(3)4/h7-12,15H,6,13-14H2,1-5H3. The van der Waals surface area contributed by atoms with Crippen LogP contribution in [0.1, 0.15) is 41.6 Å². The summed E-state index contributed by atoms with van der Waals surface area (Å²) in [6.45, 7) is 5.89. The zero-order valence-corrected chi connectivity index (χ0v) is 18.5. The molecule has 0 fully saturated rings. The number of methoxy groups -OCH3 is 1. The molecular formula is C23H28N2O3S. The molecule has 0 aliphatic heterocycles. The van der Waals surface area contributed by atoms with Gasteiger partial charge >= 0.3 is 5.97 Å². The number of hydrogen-bond acceptors (Lipinski definition) is 6. The first-order valence-corrected chi connectivity index (χ1v) is 10.6. The Hall–Kier alpha value is -2.44. The topological polar surface area (TPSA) is 51.7 Å². The largest absolute Gasteiger partial charge is 0.494 e. The van der Waals surface area contributed by atoms with E-state index >= 15 is 0 Å². The Bertz CT molecular complexity index is 978. The second-order valence-electron chi connectivity index (χ2n) is 7.57. The number of aromatic nitrogens is 1. The van der Waals surface area contributed by atoms with Gasteiger partial charge in [0.25, 0.3) is 0 Å². The van der Waals surface area contributed by atoms with Gasteiger partial charge in [0.15, 0.2) is 0 Å². The van der Waals surface area contributed by atoms with Gasteiger partial charge in [-0.05, 0) is 56.3 Å². The van der Waals surface area contributed by atoms with Crippen LogP contribution in [0.15, 0.2) is 36.4 Å². The van der Waals surface area contributed by atoms with E-state index in [2.05, 4.69) is 38.9 Å². The molecule has 29 heavy (non-hydrogen) atoms. The molecular weight excluding hydrogens is 384 g/mol. The van der Waals surface area contributed by atoms with Crippen LogP contribution in [0.5, 0.6) is 5.75 Å². The molecule has 0 saturated heterocycles. The van der Waals surface area contributed by atoms with E-state index in [1.807, 2.05) is 30.3 Å². The van der Waals surface area contributed by atoms with Gasteiger partial charge in [0.1, 0.15) is 15.5 Å². The van der Waals surface area contributed by atoms with Gasteiger partial charge in [-0.25, -0.2) is 9.78 Å². The van der Waals surface area contributed by atoms with Crippen LogP contribution < -0.4 is 4.74 Å². The maximum Gasteiger partial charge on any atom is 0.348 e. The molecule has 0 bridgehead atoms. The summed E-state index contributed by atoms with van der Waals surface area (Å²) in [6, 6.07) is 12.0. The molecule has 5 nitrogen and oxygen atoms in total. The number of ether oxygens (including phenoxy) is 2. The Morgan fingerprint density at radius 2 is 1.86 bits per heavy atom. The highest BCUT2D eigenvalue weighted by molar-refractivity contribution is 7.21. The van der Waals surface area contributed by atoms with Crippen molar-refractivity contribution in [3.63, 3.8) is 0 Å². The van der Waals surface area contributed by atoms with Crippen molar-refractivity contribution in [3.05, 3.63) is 47.0 Å². The molecule has 2 aromatic heterocycles. The summed E-state index contributed by atoms with van der Waals surface area (Å²) in [5, 5.41) is 0.972. The fraction of sp³-hybridized carbons (Fsp3) is 0.391. The van der Waals surface area contributed by atoms with Crippen LogP contribution in [0, 0.1) is 0 Å². The minimum absolute atomic E-state index is 0.329. The average molecular weight is 413 g/mol. The smallest absolute Gasteiger partial charge is 0.348 e.